The Hall–Kier alpha value is -1.06. The van der Waals surface area contributed by atoms with Crippen LogP contribution in [0.5, 0.6) is 0 Å². The molecule has 116 valence electrons. The van der Waals surface area contributed by atoms with Crippen molar-refractivity contribution < 1.29 is 4.79 Å². The maximum atomic E-state index is 12.6. The summed E-state index contributed by atoms with van der Waals surface area (Å²) in [5.74, 6) is 0.218. The third kappa shape index (κ3) is 3.41. The summed E-state index contributed by atoms with van der Waals surface area (Å²) in [4.78, 5) is 12.6. The van der Waals surface area contributed by atoms with E-state index in [1.807, 2.05) is 18.2 Å². The van der Waals surface area contributed by atoms with Crippen molar-refractivity contribution >= 4 is 18.3 Å². The number of carbonyl (C=O) groups excluding carboxylic acids is 1. The number of halogens is 1. The van der Waals surface area contributed by atoms with Gasteiger partial charge in [-0.05, 0) is 43.2 Å². The second kappa shape index (κ2) is 6.37. The van der Waals surface area contributed by atoms with Crippen molar-refractivity contribution in [3.05, 3.63) is 35.9 Å². The summed E-state index contributed by atoms with van der Waals surface area (Å²) in [6.45, 7) is 5.16. The number of carbonyl (C=O) groups is 1. The molecule has 21 heavy (non-hydrogen) atoms. The standard InChI is InChI=1S/C17H24N2O.ClH/c1-16(8-5-11-18-12-16)13-19-15(20)17(9-10-17)14-6-3-2-4-7-14;/h2-4,6-7,18H,5,8-13H2,1H3,(H,19,20);1H. The fourth-order valence-corrected chi connectivity index (χ4v) is 3.26. The Kier molecular flexibility index (Phi) is 4.95. The van der Waals surface area contributed by atoms with Gasteiger partial charge in [0.15, 0.2) is 0 Å². The zero-order valence-corrected chi connectivity index (χ0v) is 13.5. The van der Waals surface area contributed by atoms with Gasteiger partial charge in [0.1, 0.15) is 0 Å². The van der Waals surface area contributed by atoms with Gasteiger partial charge in [0.2, 0.25) is 5.91 Å². The first kappa shape index (κ1) is 16.3. The normalized spacial score (nSPS) is 26.5. The number of amides is 1. The molecular formula is C17H25ClN2O. The number of rotatable bonds is 4. The fraction of sp³-hybridized carbons (Fsp3) is 0.588. The van der Waals surface area contributed by atoms with Crippen LogP contribution >= 0.6 is 12.4 Å². The van der Waals surface area contributed by atoms with Gasteiger partial charge in [-0.25, -0.2) is 0 Å². The highest BCUT2D eigenvalue weighted by molar-refractivity contribution is 5.91. The Balaban J connectivity index is 0.00000161. The monoisotopic (exact) mass is 308 g/mol. The van der Waals surface area contributed by atoms with Crippen molar-refractivity contribution in [1.82, 2.24) is 10.6 Å². The molecular weight excluding hydrogens is 284 g/mol. The smallest absolute Gasteiger partial charge is 0.230 e. The molecule has 0 bridgehead atoms. The Morgan fingerprint density at radius 2 is 1.95 bits per heavy atom. The summed E-state index contributed by atoms with van der Waals surface area (Å²) in [5.41, 5.74) is 1.14. The van der Waals surface area contributed by atoms with Crippen LogP contribution in [-0.2, 0) is 10.2 Å². The lowest BCUT2D eigenvalue weighted by Crippen LogP contribution is -2.47. The van der Waals surface area contributed by atoms with Crippen LogP contribution in [0.4, 0.5) is 0 Å². The van der Waals surface area contributed by atoms with Crippen molar-refractivity contribution in [2.24, 2.45) is 5.41 Å². The number of nitrogens with one attached hydrogen (secondary N) is 2. The van der Waals surface area contributed by atoms with Crippen LogP contribution in [0.3, 0.4) is 0 Å². The maximum Gasteiger partial charge on any atom is 0.230 e. The lowest BCUT2D eigenvalue weighted by atomic mass is 9.82. The summed E-state index contributed by atoms with van der Waals surface area (Å²) in [7, 11) is 0. The van der Waals surface area contributed by atoms with Crippen molar-refractivity contribution in [3.8, 4) is 0 Å². The summed E-state index contributed by atoms with van der Waals surface area (Å²) in [5, 5.41) is 6.65. The highest BCUT2D eigenvalue weighted by Gasteiger charge is 2.51. The van der Waals surface area contributed by atoms with E-state index < -0.39 is 0 Å². The first-order valence-corrected chi connectivity index (χ1v) is 7.69. The third-order valence-electron chi connectivity index (χ3n) is 4.87. The van der Waals surface area contributed by atoms with E-state index in [-0.39, 0.29) is 29.1 Å². The second-order valence-corrected chi connectivity index (χ2v) is 6.72. The van der Waals surface area contributed by atoms with Crippen molar-refractivity contribution in [1.29, 1.82) is 0 Å². The van der Waals surface area contributed by atoms with Gasteiger partial charge >= 0.3 is 0 Å². The van der Waals surface area contributed by atoms with Gasteiger partial charge in [-0.15, -0.1) is 12.4 Å². The molecule has 1 amide bonds. The lowest BCUT2D eigenvalue weighted by Gasteiger charge is -2.34. The van der Waals surface area contributed by atoms with E-state index in [0.29, 0.717) is 0 Å². The average molecular weight is 309 g/mol. The van der Waals surface area contributed by atoms with Crippen molar-refractivity contribution in [2.75, 3.05) is 19.6 Å². The minimum Gasteiger partial charge on any atom is -0.355 e. The van der Waals surface area contributed by atoms with E-state index in [9.17, 15) is 4.79 Å². The maximum absolute atomic E-state index is 12.6. The van der Waals surface area contributed by atoms with E-state index in [1.165, 1.54) is 18.4 Å². The molecule has 2 N–H and O–H groups in total. The average Bonchev–Trinajstić information content (AvgIpc) is 3.28. The predicted octanol–water partition coefficient (Wildman–Crippen LogP) is 2.65. The predicted molar refractivity (Wildman–Crippen MR) is 87.8 cm³/mol. The molecule has 1 aliphatic carbocycles. The second-order valence-electron chi connectivity index (χ2n) is 6.72. The van der Waals surface area contributed by atoms with Gasteiger partial charge in [-0.1, -0.05) is 37.3 Å². The first-order valence-electron chi connectivity index (χ1n) is 7.69. The molecule has 1 saturated heterocycles. The van der Waals surface area contributed by atoms with Crippen LogP contribution in [0.1, 0.15) is 38.2 Å². The zero-order chi connectivity index (χ0) is 14.1. The van der Waals surface area contributed by atoms with Gasteiger partial charge in [-0.2, -0.15) is 0 Å². The Morgan fingerprint density at radius 3 is 2.52 bits per heavy atom. The van der Waals surface area contributed by atoms with Crippen LogP contribution in [-0.4, -0.2) is 25.5 Å². The van der Waals surface area contributed by atoms with E-state index in [4.69, 9.17) is 0 Å². The van der Waals surface area contributed by atoms with Gasteiger partial charge < -0.3 is 10.6 Å². The molecule has 1 heterocycles. The molecule has 1 aromatic rings. The van der Waals surface area contributed by atoms with Crippen LogP contribution in [0.25, 0.3) is 0 Å². The molecule has 0 radical (unpaired) electrons. The minimum absolute atomic E-state index is 0. The molecule has 0 spiro atoms. The van der Waals surface area contributed by atoms with Gasteiger partial charge in [0, 0.05) is 13.1 Å². The van der Waals surface area contributed by atoms with E-state index >= 15 is 0 Å². The zero-order valence-electron chi connectivity index (χ0n) is 12.7. The topological polar surface area (TPSA) is 41.1 Å². The largest absolute Gasteiger partial charge is 0.355 e. The van der Waals surface area contributed by atoms with E-state index in [0.717, 1.165) is 32.5 Å². The highest BCUT2D eigenvalue weighted by atomic mass is 35.5. The van der Waals surface area contributed by atoms with Gasteiger partial charge in [-0.3, -0.25) is 4.79 Å². The van der Waals surface area contributed by atoms with Crippen molar-refractivity contribution in [2.45, 2.75) is 38.0 Å². The van der Waals surface area contributed by atoms with E-state index in [2.05, 4.69) is 29.7 Å². The van der Waals surface area contributed by atoms with Crippen LogP contribution < -0.4 is 10.6 Å². The molecule has 2 fully saturated rings. The quantitative estimate of drug-likeness (QED) is 0.898. The number of hydrogen-bond donors (Lipinski definition) is 2. The van der Waals surface area contributed by atoms with Crippen LogP contribution in [0.15, 0.2) is 30.3 Å². The number of benzene rings is 1. The summed E-state index contributed by atoms with van der Waals surface area (Å²) in [6, 6.07) is 10.2. The van der Waals surface area contributed by atoms with Crippen LogP contribution in [0, 0.1) is 5.41 Å². The number of hydrogen-bond acceptors (Lipinski definition) is 2. The molecule has 3 rings (SSSR count). The molecule has 1 atom stereocenters. The molecule has 1 saturated carbocycles. The number of piperidine rings is 1. The first-order chi connectivity index (χ1) is 9.65. The van der Waals surface area contributed by atoms with E-state index in [1.54, 1.807) is 0 Å². The molecule has 0 aromatic heterocycles. The Labute approximate surface area is 133 Å². The Morgan fingerprint density at radius 1 is 1.24 bits per heavy atom. The summed E-state index contributed by atoms with van der Waals surface area (Å²) in [6.07, 6.45) is 4.37. The van der Waals surface area contributed by atoms with Gasteiger partial charge in [0.05, 0.1) is 5.41 Å². The fourth-order valence-electron chi connectivity index (χ4n) is 3.26. The summed E-state index contributed by atoms with van der Waals surface area (Å²) < 4.78 is 0. The lowest BCUT2D eigenvalue weighted by molar-refractivity contribution is -0.124. The van der Waals surface area contributed by atoms with Gasteiger partial charge in [0.25, 0.3) is 0 Å². The molecule has 1 unspecified atom stereocenters. The third-order valence-corrected chi connectivity index (χ3v) is 4.87. The Bertz CT molecular complexity index is 479. The minimum atomic E-state index is -0.236. The highest BCUT2D eigenvalue weighted by Crippen LogP contribution is 2.48. The molecule has 2 aliphatic rings. The molecule has 1 aromatic carbocycles. The van der Waals surface area contributed by atoms with Crippen LogP contribution in [0.2, 0.25) is 0 Å². The molecule has 4 heteroatoms. The molecule has 3 nitrogen and oxygen atoms in total. The molecule has 1 aliphatic heterocycles. The van der Waals surface area contributed by atoms with Crippen molar-refractivity contribution in [3.63, 3.8) is 0 Å². The SMILES string of the molecule is CC1(CNC(=O)C2(c3ccccc3)CC2)CCCNC1.Cl. The summed E-state index contributed by atoms with van der Waals surface area (Å²) >= 11 is 0.